The molecule has 0 saturated heterocycles. The van der Waals surface area contributed by atoms with Crippen molar-refractivity contribution in [1.29, 1.82) is 0 Å². The third-order valence-corrected chi connectivity index (χ3v) is 3.03. The molecule has 0 fully saturated rings. The fourth-order valence-electron chi connectivity index (χ4n) is 1.72. The second-order valence-corrected chi connectivity index (χ2v) is 4.84. The number of amides is 2. The molecule has 150 valence electrons. The van der Waals surface area contributed by atoms with Gasteiger partial charge in [0.2, 0.25) is 0 Å². The first kappa shape index (κ1) is 20.7. The summed E-state index contributed by atoms with van der Waals surface area (Å²) in [5.41, 5.74) is 2.48. The molecular weight excluding hydrogens is 408 g/mol. The molecule has 2 amide bonds. The molecule has 0 saturated carbocycles. The van der Waals surface area contributed by atoms with Gasteiger partial charge in [-0.25, -0.2) is 35.1 Å². The van der Waals surface area contributed by atoms with Gasteiger partial charge in [-0.3, -0.25) is 31.3 Å². The molecule has 0 aliphatic carbocycles. The summed E-state index contributed by atoms with van der Waals surface area (Å²) < 4.78 is 105. The number of anilines is 2. The van der Waals surface area contributed by atoms with Gasteiger partial charge >= 0.3 is 11.8 Å². The highest BCUT2D eigenvalue weighted by Crippen LogP contribution is 2.24. The predicted octanol–water partition coefficient (Wildman–Crippen LogP) is 2.39. The smallest absolute Gasteiger partial charge is 0.292 e. The number of hydrogen-bond donors (Lipinski definition) is 4. The van der Waals surface area contributed by atoms with Crippen molar-refractivity contribution in [2.75, 3.05) is 10.9 Å². The molecule has 4 N–H and O–H groups in total. The maximum absolute atomic E-state index is 13.4. The van der Waals surface area contributed by atoms with Gasteiger partial charge in [0.25, 0.3) is 0 Å². The highest BCUT2D eigenvalue weighted by molar-refractivity contribution is 6.35. The second-order valence-electron chi connectivity index (χ2n) is 4.84. The van der Waals surface area contributed by atoms with E-state index < -0.39 is 69.7 Å². The molecule has 6 nitrogen and oxygen atoms in total. The lowest BCUT2D eigenvalue weighted by Crippen LogP contribution is -2.45. The summed E-state index contributed by atoms with van der Waals surface area (Å²) in [6.07, 6.45) is 0. The van der Waals surface area contributed by atoms with Crippen LogP contribution >= 0.6 is 0 Å². The lowest BCUT2D eigenvalue weighted by atomic mass is 10.2. The zero-order valence-electron chi connectivity index (χ0n) is 13.0. The molecule has 0 atom stereocenters. The summed E-state index contributed by atoms with van der Waals surface area (Å²) in [7, 11) is 0. The van der Waals surface area contributed by atoms with E-state index in [4.69, 9.17) is 0 Å². The van der Waals surface area contributed by atoms with Crippen LogP contribution in [0, 0.1) is 46.5 Å². The van der Waals surface area contributed by atoms with Crippen LogP contribution in [-0.4, -0.2) is 11.8 Å². The van der Waals surface area contributed by atoms with E-state index in [0.717, 1.165) is 0 Å². The van der Waals surface area contributed by atoms with Crippen molar-refractivity contribution in [1.82, 2.24) is 10.9 Å². The van der Waals surface area contributed by atoms with E-state index in [0.29, 0.717) is 0 Å². The first-order valence-corrected chi connectivity index (χ1v) is 6.82. The number of hydrogen-bond acceptors (Lipinski definition) is 4. The normalized spacial score (nSPS) is 10.4. The van der Waals surface area contributed by atoms with Crippen molar-refractivity contribution < 1.29 is 44.7 Å². The van der Waals surface area contributed by atoms with Gasteiger partial charge in [0.15, 0.2) is 46.5 Å². The number of benzene rings is 2. The maximum atomic E-state index is 13.4. The number of rotatable bonds is 4. The number of carbonyl (C=O) groups is 2. The van der Waals surface area contributed by atoms with Crippen molar-refractivity contribution in [3.63, 3.8) is 0 Å². The Hall–Kier alpha value is -3.58. The molecule has 0 bridgehead atoms. The molecule has 0 aliphatic heterocycles. The number of carbonyl (C=O) groups excluding carboxylic acids is 2. The summed E-state index contributed by atoms with van der Waals surface area (Å²) in [6, 6.07) is -0.231. The van der Waals surface area contributed by atoms with Gasteiger partial charge < -0.3 is 0 Å². The average molecular weight is 414 g/mol. The highest BCUT2D eigenvalue weighted by atomic mass is 19.2. The third-order valence-electron chi connectivity index (χ3n) is 3.03. The van der Waals surface area contributed by atoms with Gasteiger partial charge in [-0.15, -0.1) is 0 Å². The molecule has 0 spiro atoms. The van der Waals surface area contributed by atoms with Crippen LogP contribution in [0.2, 0.25) is 0 Å². The van der Waals surface area contributed by atoms with Gasteiger partial charge in [0.05, 0.1) is 0 Å². The Morgan fingerprint density at radius 1 is 0.536 bits per heavy atom. The Morgan fingerprint density at radius 2 is 0.786 bits per heavy atom. The van der Waals surface area contributed by atoms with Crippen LogP contribution in [0.1, 0.15) is 0 Å². The summed E-state index contributed by atoms with van der Waals surface area (Å²) in [5.74, 6) is -18.6. The largest absolute Gasteiger partial charge is 0.329 e. The van der Waals surface area contributed by atoms with E-state index in [-0.39, 0.29) is 12.1 Å². The quantitative estimate of drug-likeness (QED) is 0.268. The summed E-state index contributed by atoms with van der Waals surface area (Å²) in [4.78, 5) is 22.9. The third kappa shape index (κ3) is 4.05. The van der Waals surface area contributed by atoms with Crippen LogP contribution in [0.25, 0.3) is 0 Å². The lowest BCUT2D eigenvalue weighted by Gasteiger charge is -2.13. The van der Waals surface area contributed by atoms with E-state index in [1.54, 1.807) is 0 Å². The van der Waals surface area contributed by atoms with Crippen molar-refractivity contribution >= 4 is 23.2 Å². The average Bonchev–Trinajstić information content (AvgIpc) is 2.64. The zero-order chi connectivity index (χ0) is 21.2. The Labute approximate surface area is 149 Å². The van der Waals surface area contributed by atoms with E-state index >= 15 is 0 Å². The molecule has 2 aromatic carbocycles. The van der Waals surface area contributed by atoms with Gasteiger partial charge in [0, 0.05) is 12.1 Å². The van der Waals surface area contributed by atoms with E-state index in [1.807, 2.05) is 0 Å². The summed E-state index contributed by atoms with van der Waals surface area (Å²) in [6.45, 7) is 0. The first-order chi connectivity index (χ1) is 13.0. The molecule has 14 heteroatoms. The Kier molecular flexibility index (Phi) is 5.90. The van der Waals surface area contributed by atoms with Gasteiger partial charge in [-0.1, -0.05) is 0 Å². The van der Waals surface area contributed by atoms with Crippen molar-refractivity contribution in [2.45, 2.75) is 0 Å². The highest BCUT2D eigenvalue weighted by Gasteiger charge is 2.23. The second kappa shape index (κ2) is 7.98. The molecule has 0 radical (unpaired) electrons. The van der Waals surface area contributed by atoms with Gasteiger partial charge in [-0.2, -0.15) is 0 Å². The topological polar surface area (TPSA) is 82.3 Å². The molecule has 0 unspecified atom stereocenters. The van der Waals surface area contributed by atoms with Crippen LogP contribution in [-0.2, 0) is 9.59 Å². The van der Waals surface area contributed by atoms with Crippen LogP contribution in [0.5, 0.6) is 0 Å². The number of halogens is 8. The molecule has 2 aromatic rings. The number of hydrazine groups is 2. The van der Waals surface area contributed by atoms with Crippen LogP contribution in [0.15, 0.2) is 12.1 Å². The number of nitrogens with one attached hydrogen (secondary N) is 4. The molecule has 0 aliphatic rings. The summed E-state index contributed by atoms with van der Waals surface area (Å²) >= 11 is 0. The van der Waals surface area contributed by atoms with E-state index in [9.17, 15) is 44.7 Å². The Morgan fingerprint density at radius 3 is 1.04 bits per heavy atom. The molecule has 28 heavy (non-hydrogen) atoms. The summed E-state index contributed by atoms with van der Waals surface area (Å²) in [5, 5.41) is 0. The maximum Gasteiger partial charge on any atom is 0.329 e. The fraction of sp³-hybridized carbons (Fsp3) is 0. The van der Waals surface area contributed by atoms with Gasteiger partial charge in [-0.05, 0) is 0 Å². The van der Waals surface area contributed by atoms with E-state index in [2.05, 4.69) is 0 Å². The SMILES string of the molecule is O=C(NNc1c(F)c(F)cc(F)c1F)C(=O)NNc1c(F)c(F)cc(F)c1F. The standard InChI is InChI=1S/C14H6F8N4O2/c15-3-1-4(16)8(20)11(7(3)19)23-25-13(27)14(28)26-24-12-9(21)5(17)2-6(18)10(12)22/h1-2,23-24H,(H,25,27)(H,26,28). The monoisotopic (exact) mass is 414 g/mol. The minimum absolute atomic E-state index is 0.116. The molecule has 2 rings (SSSR count). The van der Waals surface area contributed by atoms with Crippen LogP contribution < -0.4 is 21.7 Å². The minimum atomic E-state index is -1.93. The van der Waals surface area contributed by atoms with Gasteiger partial charge in [0.1, 0.15) is 11.4 Å². The Balaban J connectivity index is 2.05. The Bertz CT molecular complexity index is 839. The van der Waals surface area contributed by atoms with E-state index in [1.165, 1.54) is 21.7 Å². The zero-order valence-corrected chi connectivity index (χ0v) is 13.0. The predicted molar refractivity (Wildman–Crippen MR) is 76.1 cm³/mol. The first-order valence-electron chi connectivity index (χ1n) is 6.82. The minimum Gasteiger partial charge on any atom is -0.292 e. The molecule has 0 aromatic heterocycles. The van der Waals surface area contributed by atoms with Crippen LogP contribution in [0.4, 0.5) is 46.5 Å². The van der Waals surface area contributed by atoms with Crippen LogP contribution in [0.3, 0.4) is 0 Å². The van der Waals surface area contributed by atoms with Crippen molar-refractivity contribution in [3.05, 3.63) is 58.7 Å². The molecular formula is C14H6F8N4O2. The fourth-order valence-corrected chi connectivity index (χ4v) is 1.72. The van der Waals surface area contributed by atoms with Crippen molar-refractivity contribution in [3.8, 4) is 0 Å². The van der Waals surface area contributed by atoms with Crippen molar-refractivity contribution in [2.24, 2.45) is 0 Å². The molecule has 0 heterocycles. The lowest BCUT2D eigenvalue weighted by molar-refractivity contribution is -0.138.